The van der Waals surface area contributed by atoms with E-state index < -0.39 is 6.10 Å². The number of anilines is 1. The second-order valence-corrected chi connectivity index (χ2v) is 6.99. The molecule has 29 heavy (non-hydrogen) atoms. The van der Waals surface area contributed by atoms with E-state index in [9.17, 15) is 14.0 Å². The fourth-order valence-corrected chi connectivity index (χ4v) is 2.99. The number of amides is 1. The molecule has 0 saturated heterocycles. The van der Waals surface area contributed by atoms with Crippen molar-refractivity contribution in [2.24, 2.45) is 0 Å². The third kappa shape index (κ3) is 5.64. The molecule has 3 aromatic rings. The molecule has 0 aliphatic rings. The second-order valence-electron chi connectivity index (χ2n) is 6.06. The van der Waals surface area contributed by atoms with Crippen molar-refractivity contribution in [2.75, 3.05) is 11.1 Å². The van der Waals surface area contributed by atoms with Crippen LogP contribution in [-0.4, -0.2) is 27.6 Å². The maximum Gasteiger partial charge on any atom is 0.277 e. The number of rotatable bonds is 8. The van der Waals surface area contributed by atoms with Gasteiger partial charge >= 0.3 is 0 Å². The molecule has 3 rings (SSSR count). The van der Waals surface area contributed by atoms with Crippen LogP contribution in [0.1, 0.15) is 36.2 Å². The van der Waals surface area contributed by atoms with Crippen molar-refractivity contribution < 1.29 is 23.1 Å². The minimum absolute atomic E-state index is 0.0288. The number of nitrogens with zero attached hydrogens (tertiary/aromatic N) is 2. The number of nitrogens with one attached hydrogen (secondary N) is 1. The number of thioether (sulfide) groups is 1. The number of aromatic nitrogens is 2. The first-order valence-electron chi connectivity index (χ1n) is 8.70. The molecule has 2 aromatic carbocycles. The van der Waals surface area contributed by atoms with Crippen LogP contribution in [0, 0.1) is 5.82 Å². The van der Waals surface area contributed by atoms with Crippen LogP contribution in [0.25, 0.3) is 0 Å². The molecule has 0 radical (unpaired) electrons. The number of benzene rings is 2. The zero-order chi connectivity index (χ0) is 20.8. The third-order valence-electron chi connectivity index (χ3n) is 3.80. The highest BCUT2D eigenvalue weighted by Gasteiger charge is 2.17. The molecule has 1 N–H and O–H groups in total. The zero-order valence-corrected chi connectivity index (χ0v) is 16.5. The number of carbonyl (C=O) groups is 2. The fraction of sp³-hybridized carbons (Fsp3) is 0.200. The van der Waals surface area contributed by atoms with Gasteiger partial charge in [0.1, 0.15) is 11.6 Å². The molecule has 1 aromatic heterocycles. The van der Waals surface area contributed by atoms with Gasteiger partial charge in [0.2, 0.25) is 5.91 Å². The quantitative estimate of drug-likeness (QED) is 0.433. The predicted molar refractivity (Wildman–Crippen MR) is 106 cm³/mol. The number of ether oxygens (including phenoxy) is 1. The smallest absolute Gasteiger partial charge is 0.277 e. The Morgan fingerprint density at radius 1 is 1.17 bits per heavy atom. The van der Waals surface area contributed by atoms with Gasteiger partial charge in [0.05, 0.1) is 11.4 Å². The molecule has 0 aliphatic heterocycles. The van der Waals surface area contributed by atoms with Gasteiger partial charge in [-0.1, -0.05) is 23.9 Å². The summed E-state index contributed by atoms with van der Waals surface area (Å²) in [4.78, 5) is 23.8. The van der Waals surface area contributed by atoms with E-state index in [1.807, 2.05) is 0 Å². The molecule has 9 heteroatoms. The molecule has 7 nitrogen and oxygen atoms in total. The number of hydrogen-bond acceptors (Lipinski definition) is 7. The summed E-state index contributed by atoms with van der Waals surface area (Å²) in [6.45, 7) is 3.16. The van der Waals surface area contributed by atoms with E-state index in [0.717, 1.165) is 11.8 Å². The fourth-order valence-electron chi connectivity index (χ4n) is 2.42. The standard InChI is InChI=1S/C20H18FN3O4S/c1-12(25)16-5-3-4-6-17(16)22-18(26)11-29-20-24-23-19(28-20)13(2)27-15-9-7-14(21)8-10-15/h3-10,13H,11H2,1-2H3,(H,22,26)/t13-/m0/s1. The number of carbonyl (C=O) groups excluding carboxylic acids is 2. The van der Waals surface area contributed by atoms with Gasteiger partial charge in [-0.25, -0.2) is 4.39 Å². The maximum atomic E-state index is 13.0. The summed E-state index contributed by atoms with van der Waals surface area (Å²) in [6.07, 6.45) is -0.543. The summed E-state index contributed by atoms with van der Waals surface area (Å²) in [5.74, 6) is -0.0647. The Morgan fingerprint density at radius 2 is 1.90 bits per heavy atom. The van der Waals surface area contributed by atoms with Crippen molar-refractivity contribution >= 4 is 29.1 Å². The number of hydrogen-bond donors (Lipinski definition) is 1. The lowest BCUT2D eigenvalue weighted by Crippen LogP contribution is -2.16. The second kappa shape index (κ2) is 9.33. The van der Waals surface area contributed by atoms with E-state index in [1.54, 1.807) is 31.2 Å². The normalized spacial score (nSPS) is 11.7. The molecule has 0 fully saturated rings. The van der Waals surface area contributed by atoms with Crippen molar-refractivity contribution in [3.8, 4) is 5.75 Å². The summed E-state index contributed by atoms with van der Waals surface area (Å²) < 4.78 is 24.1. The van der Waals surface area contributed by atoms with Crippen LogP contribution in [0.2, 0.25) is 0 Å². The van der Waals surface area contributed by atoms with E-state index in [1.165, 1.54) is 31.2 Å². The zero-order valence-electron chi connectivity index (χ0n) is 15.7. The van der Waals surface area contributed by atoms with Crippen LogP contribution in [0.3, 0.4) is 0 Å². The van der Waals surface area contributed by atoms with Crippen LogP contribution in [-0.2, 0) is 4.79 Å². The molecule has 150 valence electrons. The van der Waals surface area contributed by atoms with Gasteiger partial charge < -0.3 is 14.5 Å². The molecule has 0 spiro atoms. The third-order valence-corrected chi connectivity index (χ3v) is 4.62. The predicted octanol–water partition coefficient (Wildman–Crippen LogP) is 4.28. The lowest BCUT2D eigenvalue weighted by molar-refractivity contribution is -0.113. The molecule has 0 aliphatic carbocycles. The number of Topliss-reactive ketones (excluding diaryl/α,β-unsaturated/α-hetero) is 1. The van der Waals surface area contributed by atoms with Gasteiger partial charge in [-0.05, 0) is 50.2 Å². The van der Waals surface area contributed by atoms with Gasteiger partial charge in [0, 0.05) is 5.56 Å². The molecule has 0 saturated carbocycles. The summed E-state index contributed by atoms with van der Waals surface area (Å²) in [5, 5.41) is 10.7. The van der Waals surface area contributed by atoms with Crippen LogP contribution in [0.5, 0.6) is 5.75 Å². The monoisotopic (exact) mass is 415 g/mol. The molecular weight excluding hydrogens is 397 g/mol. The van der Waals surface area contributed by atoms with E-state index in [0.29, 0.717) is 17.0 Å². The Balaban J connectivity index is 1.54. The molecule has 0 bridgehead atoms. The molecule has 1 amide bonds. The number of para-hydroxylation sites is 1. The molecular formula is C20H18FN3O4S. The first-order valence-corrected chi connectivity index (χ1v) is 9.69. The average molecular weight is 415 g/mol. The summed E-state index contributed by atoms with van der Waals surface area (Å²) in [7, 11) is 0. The number of ketones is 1. The molecule has 0 unspecified atom stereocenters. The van der Waals surface area contributed by atoms with Gasteiger partial charge in [-0.15, -0.1) is 10.2 Å². The summed E-state index contributed by atoms with van der Waals surface area (Å²) in [6, 6.07) is 12.4. The van der Waals surface area contributed by atoms with Crippen molar-refractivity contribution in [1.29, 1.82) is 0 Å². The lowest BCUT2D eigenvalue weighted by Gasteiger charge is -2.10. The van der Waals surface area contributed by atoms with Crippen molar-refractivity contribution in [2.45, 2.75) is 25.2 Å². The molecule has 1 atom stereocenters. The minimum Gasteiger partial charge on any atom is -0.481 e. The van der Waals surface area contributed by atoms with Crippen LogP contribution < -0.4 is 10.1 Å². The van der Waals surface area contributed by atoms with Crippen LogP contribution in [0.4, 0.5) is 10.1 Å². The first kappa shape index (κ1) is 20.5. The average Bonchev–Trinajstić information content (AvgIpc) is 3.18. The topological polar surface area (TPSA) is 94.3 Å². The highest BCUT2D eigenvalue weighted by molar-refractivity contribution is 7.99. The van der Waals surface area contributed by atoms with E-state index in [2.05, 4.69) is 15.5 Å². The van der Waals surface area contributed by atoms with Gasteiger partial charge in [0.25, 0.3) is 11.1 Å². The van der Waals surface area contributed by atoms with Crippen molar-refractivity contribution in [3.05, 3.63) is 65.8 Å². The summed E-state index contributed by atoms with van der Waals surface area (Å²) in [5.41, 5.74) is 0.899. The molecule has 1 heterocycles. The minimum atomic E-state index is -0.543. The Labute approximate surface area is 170 Å². The first-order chi connectivity index (χ1) is 13.9. The van der Waals surface area contributed by atoms with E-state index in [-0.39, 0.29) is 34.4 Å². The van der Waals surface area contributed by atoms with Crippen LogP contribution >= 0.6 is 11.8 Å². The van der Waals surface area contributed by atoms with Gasteiger partial charge in [-0.2, -0.15) is 0 Å². The van der Waals surface area contributed by atoms with Crippen molar-refractivity contribution in [1.82, 2.24) is 10.2 Å². The van der Waals surface area contributed by atoms with Crippen LogP contribution in [0.15, 0.2) is 58.2 Å². The Kier molecular flexibility index (Phi) is 6.61. The largest absolute Gasteiger partial charge is 0.481 e. The Morgan fingerprint density at radius 3 is 2.62 bits per heavy atom. The Bertz CT molecular complexity index is 1010. The maximum absolute atomic E-state index is 13.0. The number of halogens is 1. The lowest BCUT2D eigenvalue weighted by atomic mass is 10.1. The van der Waals surface area contributed by atoms with Crippen molar-refractivity contribution in [3.63, 3.8) is 0 Å². The van der Waals surface area contributed by atoms with E-state index in [4.69, 9.17) is 9.15 Å². The van der Waals surface area contributed by atoms with Gasteiger partial charge in [0.15, 0.2) is 11.9 Å². The summed E-state index contributed by atoms with van der Waals surface area (Å²) >= 11 is 1.07. The Hall–Kier alpha value is -3.20. The van der Waals surface area contributed by atoms with Gasteiger partial charge in [-0.3, -0.25) is 9.59 Å². The van der Waals surface area contributed by atoms with E-state index >= 15 is 0 Å². The SMILES string of the molecule is CC(=O)c1ccccc1NC(=O)CSc1nnc([C@H](C)Oc2ccc(F)cc2)o1. The highest BCUT2D eigenvalue weighted by Crippen LogP contribution is 2.24. The highest BCUT2D eigenvalue weighted by atomic mass is 32.2.